The van der Waals surface area contributed by atoms with E-state index in [-0.39, 0.29) is 12.0 Å². The van der Waals surface area contributed by atoms with Gasteiger partial charge in [0.05, 0.1) is 0 Å². The van der Waals surface area contributed by atoms with Crippen molar-refractivity contribution in [3.63, 3.8) is 0 Å². The number of likely N-dealkylation sites (tertiary alicyclic amines) is 1. The molecule has 1 heterocycles. The zero-order chi connectivity index (χ0) is 9.41. The number of aliphatic hydroxyl groups excluding tert-OH is 1. The van der Waals surface area contributed by atoms with E-state index in [1.807, 2.05) is 0 Å². The predicted octanol–water partition coefficient (Wildman–Crippen LogP) is 1.35. The lowest BCUT2D eigenvalue weighted by atomic mass is 9.82. The van der Waals surface area contributed by atoms with Crippen LogP contribution in [0.1, 0.15) is 27.7 Å². The van der Waals surface area contributed by atoms with Gasteiger partial charge in [-0.25, -0.2) is 0 Å². The van der Waals surface area contributed by atoms with Crippen molar-refractivity contribution in [2.24, 2.45) is 10.8 Å². The molecular weight excluding hydrogens is 150 g/mol. The number of hydrogen-bond donors (Lipinski definition) is 1. The largest absolute Gasteiger partial charge is 0.396 e. The Bertz CT molecular complexity index is 155. The summed E-state index contributed by atoms with van der Waals surface area (Å²) in [6.45, 7) is 12.4. The van der Waals surface area contributed by atoms with Crippen LogP contribution in [-0.2, 0) is 0 Å². The smallest absolute Gasteiger partial charge is 0.0494 e. The summed E-state index contributed by atoms with van der Waals surface area (Å²) in [4.78, 5) is 2.41. The van der Waals surface area contributed by atoms with Crippen LogP contribution in [0.4, 0.5) is 0 Å². The van der Waals surface area contributed by atoms with E-state index in [0.717, 1.165) is 6.54 Å². The Morgan fingerprint density at radius 1 is 1.33 bits per heavy atom. The quantitative estimate of drug-likeness (QED) is 0.693. The highest BCUT2D eigenvalue weighted by atomic mass is 16.3. The van der Waals surface area contributed by atoms with Gasteiger partial charge in [0.2, 0.25) is 0 Å². The molecule has 0 spiro atoms. The Morgan fingerprint density at radius 3 is 2.17 bits per heavy atom. The average Bonchev–Trinajstić information content (AvgIpc) is 1.83. The maximum absolute atomic E-state index is 9.07. The maximum atomic E-state index is 9.07. The zero-order valence-electron chi connectivity index (χ0n) is 8.72. The normalized spacial score (nSPS) is 23.8. The van der Waals surface area contributed by atoms with Crippen molar-refractivity contribution in [1.29, 1.82) is 0 Å². The summed E-state index contributed by atoms with van der Waals surface area (Å²) in [5, 5.41) is 9.07. The van der Waals surface area contributed by atoms with Gasteiger partial charge in [-0.15, -0.1) is 0 Å². The van der Waals surface area contributed by atoms with Gasteiger partial charge in [-0.1, -0.05) is 27.7 Å². The zero-order valence-corrected chi connectivity index (χ0v) is 8.72. The van der Waals surface area contributed by atoms with E-state index in [4.69, 9.17) is 5.11 Å². The molecule has 0 bridgehead atoms. The van der Waals surface area contributed by atoms with Crippen LogP contribution in [0, 0.1) is 10.8 Å². The fourth-order valence-corrected chi connectivity index (χ4v) is 1.93. The number of rotatable bonds is 3. The first-order valence-corrected chi connectivity index (χ1v) is 4.68. The van der Waals surface area contributed by atoms with Gasteiger partial charge in [-0.05, 0) is 5.41 Å². The van der Waals surface area contributed by atoms with Crippen LogP contribution in [0.2, 0.25) is 0 Å². The summed E-state index contributed by atoms with van der Waals surface area (Å²) >= 11 is 0. The van der Waals surface area contributed by atoms with Crippen LogP contribution < -0.4 is 0 Å². The Kier molecular flexibility index (Phi) is 2.50. The summed E-state index contributed by atoms with van der Waals surface area (Å²) in [6.07, 6.45) is 0. The lowest BCUT2D eigenvalue weighted by Gasteiger charge is -2.48. The first-order valence-electron chi connectivity index (χ1n) is 4.68. The van der Waals surface area contributed by atoms with Crippen molar-refractivity contribution < 1.29 is 5.11 Å². The summed E-state index contributed by atoms with van der Waals surface area (Å²) < 4.78 is 0. The van der Waals surface area contributed by atoms with Crippen LogP contribution in [0.15, 0.2) is 0 Å². The van der Waals surface area contributed by atoms with E-state index >= 15 is 0 Å². The minimum atomic E-state index is 0.0660. The van der Waals surface area contributed by atoms with Gasteiger partial charge >= 0.3 is 0 Å². The summed E-state index contributed by atoms with van der Waals surface area (Å²) in [5.41, 5.74) is 0.571. The van der Waals surface area contributed by atoms with Crippen LogP contribution in [0.25, 0.3) is 0 Å². The van der Waals surface area contributed by atoms with Gasteiger partial charge < -0.3 is 10.0 Å². The van der Waals surface area contributed by atoms with Crippen molar-refractivity contribution >= 4 is 0 Å². The molecule has 0 unspecified atom stereocenters. The van der Waals surface area contributed by atoms with Crippen molar-refractivity contribution in [2.75, 3.05) is 26.2 Å². The van der Waals surface area contributed by atoms with Crippen molar-refractivity contribution in [2.45, 2.75) is 27.7 Å². The van der Waals surface area contributed by atoms with Gasteiger partial charge in [0, 0.05) is 31.7 Å². The van der Waals surface area contributed by atoms with E-state index in [2.05, 4.69) is 32.6 Å². The molecule has 0 amide bonds. The molecule has 0 aromatic heterocycles. The fourth-order valence-electron chi connectivity index (χ4n) is 1.93. The van der Waals surface area contributed by atoms with Crippen molar-refractivity contribution in [3.8, 4) is 0 Å². The lowest BCUT2D eigenvalue weighted by molar-refractivity contribution is -0.0106. The SMILES string of the molecule is CC(C)(CO)CN1CC(C)(C)C1. The molecule has 12 heavy (non-hydrogen) atoms. The summed E-state index contributed by atoms with van der Waals surface area (Å²) in [6, 6.07) is 0. The van der Waals surface area contributed by atoms with Crippen LogP contribution in [0.5, 0.6) is 0 Å². The topological polar surface area (TPSA) is 23.5 Å². The Hall–Kier alpha value is -0.0800. The molecule has 1 aliphatic rings. The molecule has 1 rings (SSSR count). The van der Waals surface area contributed by atoms with E-state index in [0.29, 0.717) is 5.41 Å². The minimum Gasteiger partial charge on any atom is -0.396 e. The van der Waals surface area contributed by atoms with Gasteiger partial charge in [-0.3, -0.25) is 0 Å². The second kappa shape index (κ2) is 3.00. The third kappa shape index (κ3) is 2.46. The van der Waals surface area contributed by atoms with E-state index in [9.17, 15) is 0 Å². The molecular formula is C10H21NO. The highest BCUT2D eigenvalue weighted by Gasteiger charge is 2.36. The molecule has 1 fully saturated rings. The number of aliphatic hydroxyl groups is 1. The van der Waals surface area contributed by atoms with Crippen molar-refractivity contribution in [3.05, 3.63) is 0 Å². The second-order valence-corrected chi connectivity index (χ2v) is 5.63. The molecule has 0 saturated carbocycles. The second-order valence-electron chi connectivity index (χ2n) is 5.63. The van der Waals surface area contributed by atoms with Gasteiger partial charge in [-0.2, -0.15) is 0 Å². The number of hydrogen-bond acceptors (Lipinski definition) is 2. The fraction of sp³-hybridized carbons (Fsp3) is 1.00. The standard InChI is InChI=1S/C10H21NO/c1-9(2)5-11(6-9)7-10(3,4)8-12/h12H,5-8H2,1-4H3. The van der Waals surface area contributed by atoms with Crippen molar-refractivity contribution in [1.82, 2.24) is 4.90 Å². The molecule has 2 nitrogen and oxygen atoms in total. The highest BCUT2D eigenvalue weighted by molar-refractivity contribution is 4.89. The predicted molar refractivity (Wildman–Crippen MR) is 51.1 cm³/mol. The average molecular weight is 171 g/mol. The summed E-state index contributed by atoms with van der Waals surface area (Å²) in [5.74, 6) is 0. The van der Waals surface area contributed by atoms with Crippen LogP contribution in [-0.4, -0.2) is 36.2 Å². The Morgan fingerprint density at radius 2 is 1.83 bits per heavy atom. The van der Waals surface area contributed by atoms with Gasteiger partial charge in [0.15, 0.2) is 0 Å². The molecule has 0 atom stereocenters. The molecule has 0 aliphatic carbocycles. The molecule has 2 heteroatoms. The first kappa shape index (κ1) is 10.0. The van der Waals surface area contributed by atoms with E-state index in [1.165, 1.54) is 13.1 Å². The molecule has 1 aliphatic heterocycles. The summed E-state index contributed by atoms with van der Waals surface area (Å²) in [7, 11) is 0. The molecule has 72 valence electrons. The first-order chi connectivity index (χ1) is 5.35. The monoisotopic (exact) mass is 171 g/mol. The molecule has 1 N–H and O–H groups in total. The number of nitrogens with zero attached hydrogens (tertiary/aromatic N) is 1. The van der Waals surface area contributed by atoms with E-state index < -0.39 is 0 Å². The van der Waals surface area contributed by atoms with E-state index in [1.54, 1.807) is 0 Å². The molecule has 1 saturated heterocycles. The van der Waals surface area contributed by atoms with Crippen LogP contribution >= 0.6 is 0 Å². The molecule has 0 radical (unpaired) electrons. The Balaban J connectivity index is 2.27. The van der Waals surface area contributed by atoms with Crippen LogP contribution in [0.3, 0.4) is 0 Å². The highest BCUT2D eigenvalue weighted by Crippen LogP contribution is 2.31. The van der Waals surface area contributed by atoms with Gasteiger partial charge in [0.1, 0.15) is 0 Å². The third-order valence-corrected chi connectivity index (χ3v) is 2.38. The minimum absolute atomic E-state index is 0.0660. The maximum Gasteiger partial charge on any atom is 0.0494 e. The Labute approximate surface area is 75.6 Å². The third-order valence-electron chi connectivity index (χ3n) is 2.38. The lowest BCUT2D eigenvalue weighted by Crippen LogP contribution is -2.55. The molecule has 0 aromatic carbocycles. The van der Waals surface area contributed by atoms with Gasteiger partial charge in [0.25, 0.3) is 0 Å². The molecule has 0 aromatic rings.